The normalized spacial score (nSPS) is 10.6. The lowest BCUT2D eigenvalue weighted by Gasteiger charge is -2.26. The van der Waals surface area contributed by atoms with Gasteiger partial charge in [-0.25, -0.2) is 0 Å². The molecule has 1 aromatic rings. The number of hydrogen-bond donors (Lipinski definition) is 2. The van der Waals surface area contributed by atoms with E-state index in [0.717, 1.165) is 16.4 Å². The Bertz CT molecular complexity index is 408. The van der Waals surface area contributed by atoms with Crippen LogP contribution in [0.4, 0.5) is 0 Å². The van der Waals surface area contributed by atoms with Crippen LogP contribution in [0.25, 0.3) is 0 Å². The molecule has 0 aliphatic heterocycles. The highest BCUT2D eigenvalue weighted by molar-refractivity contribution is 14.1. The zero-order chi connectivity index (χ0) is 14.3. The van der Waals surface area contributed by atoms with Crippen molar-refractivity contribution in [1.29, 1.82) is 0 Å². The predicted molar refractivity (Wildman–Crippen MR) is 92.4 cm³/mol. The van der Waals surface area contributed by atoms with Crippen molar-refractivity contribution in [3.05, 3.63) is 27.8 Å². The molecule has 0 saturated heterocycles. The second-order valence-corrected chi connectivity index (χ2v) is 5.83. The number of halogens is 2. The fraction of sp³-hybridized carbons (Fsp3) is 0.500. The van der Waals surface area contributed by atoms with Crippen molar-refractivity contribution in [2.45, 2.75) is 32.2 Å². The summed E-state index contributed by atoms with van der Waals surface area (Å²) in [5.74, 6) is 0.552. The van der Waals surface area contributed by atoms with Gasteiger partial charge in [0.25, 0.3) is 5.91 Å². The van der Waals surface area contributed by atoms with Gasteiger partial charge in [-0.15, -0.1) is 12.4 Å². The molecule has 0 heterocycles. The smallest absolute Gasteiger partial charge is 0.258 e. The minimum absolute atomic E-state index is 0. The zero-order valence-corrected chi connectivity index (χ0v) is 14.8. The minimum Gasteiger partial charge on any atom is -0.484 e. The predicted octanol–water partition coefficient (Wildman–Crippen LogP) is 2.73. The van der Waals surface area contributed by atoms with Crippen molar-refractivity contribution in [1.82, 2.24) is 5.32 Å². The highest BCUT2D eigenvalue weighted by Crippen LogP contribution is 2.13. The number of carbonyl (C=O) groups is 1. The molecule has 1 aromatic carbocycles. The van der Waals surface area contributed by atoms with Crippen LogP contribution in [-0.2, 0) is 4.79 Å². The molecule has 0 fully saturated rings. The lowest BCUT2D eigenvalue weighted by Crippen LogP contribution is -2.50. The second kappa shape index (κ2) is 9.41. The number of amides is 1. The highest BCUT2D eigenvalue weighted by Gasteiger charge is 2.20. The Morgan fingerprint density at radius 1 is 1.30 bits per heavy atom. The van der Waals surface area contributed by atoms with Crippen LogP contribution in [0.2, 0.25) is 0 Å². The molecule has 0 aliphatic carbocycles. The average molecular weight is 413 g/mol. The first-order valence-corrected chi connectivity index (χ1v) is 7.51. The van der Waals surface area contributed by atoms with E-state index in [-0.39, 0.29) is 30.5 Å². The molecule has 3 N–H and O–H groups in total. The van der Waals surface area contributed by atoms with Gasteiger partial charge in [-0.05, 0) is 59.7 Å². The molecule has 4 nitrogen and oxygen atoms in total. The molecule has 0 unspecified atom stereocenters. The third kappa shape index (κ3) is 6.76. The molecule has 0 atom stereocenters. The first kappa shape index (κ1) is 19.5. The van der Waals surface area contributed by atoms with E-state index in [1.165, 1.54) is 0 Å². The summed E-state index contributed by atoms with van der Waals surface area (Å²) in [6, 6.07) is 7.57. The summed E-state index contributed by atoms with van der Waals surface area (Å²) in [6.07, 6.45) is 1.67. The van der Waals surface area contributed by atoms with E-state index in [0.29, 0.717) is 12.3 Å². The maximum absolute atomic E-state index is 11.7. The van der Waals surface area contributed by atoms with E-state index in [1.807, 2.05) is 38.1 Å². The van der Waals surface area contributed by atoms with Crippen molar-refractivity contribution in [2.75, 3.05) is 13.2 Å². The fourth-order valence-corrected chi connectivity index (χ4v) is 1.86. The van der Waals surface area contributed by atoms with Gasteiger partial charge in [0.1, 0.15) is 5.75 Å². The van der Waals surface area contributed by atoms with Crippen molar-refractivity contribution in [2.24, 2.45) is 5.73 Å². The Labute approximate surface area is 140 Å². The Morgan fingerprint density at radius 2 is 1.85 bits per heavy atom. The van der Waals surface area contributed by atoms with Crippen LogP contribution in [0.5, 0.6) is 5.75 Å². The second-order valence-electron chi connectivity index (χ2n) is 4.59. The van der Waals surface area contributed by atoms with Crippen molar-refractivity contribution in [3.8, 4) is 5.75 Å². The highest BCUT2D eigenvalue weighted by atomic mass is 127. The monoisotopic (exact) mass is 412 g/mol. The number of nitrogens with one attached hydrogen (secondary N) is 1. The molecular formula is C14H22ClIN2O2. The molecule has 6 heteroatoms. The van der Waals surface area contributed by atoms with Crippen LogP contribution in [-0.4, -0.2) is 24.6 Å². The average Bonchev–Trinajstić information content (AvgIpc) is 2.44. The number of nitrogens with two attached hydrogens (primary N) is 1. The molecule has 1 rings (SSSR count). The summed E-state index contributed by atoms with van der Waals surface area (Å²) in [6.45, 7) is 4.55. The van der Waals surface area contributed by atoms with Gasteiger partial charge in [0, 0.05) is 15.7 Å². The van der Waals surface area contributed by atoms with Gasteiger partial charge in [0.2, 0.25) is 0 Å². The molecule has 0 radical (unpaired) electrons. The summed E-state index contributed by atoms with van der Waals surface area (Å²) in [4.78, 5) is 11.7. The number of hydrogen-bond acceptors (Lipinski definition) is 3. The zero-order valence-electron chi connectivity index (χ0n) is 11.8. The Kier molecular flexibility index (Phi) is 9.16. The molecule has 20 heavy (non-hydrogen) atoms. The van der Waals surface area contributed by atoms with E-state index in [9.17, 15) is 4.79 Å². The van der Waals surface area contributed by atoms with E-state index in [1.54, 1.807) is 0 Å². The maximum atomic E-state index is 11.7. The molecule has 114 valence electrons. The van der Waals surface area contributed by atoms with Crippen LogP contribution >= 0.6 is 35.0 Å². The summed E-state index contributed by atoms with van der Waals surface area (Å²) in [7, 11) is 0. The van der Waals surface area contributed by atoms with E-state index < -0.39 is 0 Å². The van der Waals surface area contributed by atoms with Gasteiger partial charge in [-0.2, -0.15) is 0 Å². The van der Waals surface area contributed by atoms with Crippen LogP contribution in [0.3, 0.4) is 0 Å². The summed E-state index contributed by atoms with van der Waals surface area (Å²) >= 11 is 2.22. The molecule has 0 aromatic heterocycles. The number of benzene rings is 1. The SMILES string of the molecule is CCC(N)(CC)CNC(=O)COc1ccc(I)cc1.Cl. The summed E-state index contributed by atoms with van der Waals surface area (Å²) < 4.78 is 6.53. The first-order chi connectivity index (χ1) is 8.99. The molecule has 0 spiro atoms. The van der Waals surface area contributed by atoms with Gasteiger partial charge in [0.15, 0.2) is 6.61 Å². The number of rotatable bonds is 7. The number of ether oxygens (including phenoxy) is 1. The third-order valence-corrected chi connectivity index (χ3v) is 3.95. The Hall–Kier alpha value is -0.530. The van der Waals surface area contributed by atoms with Crippen molar-refractivity contribution >= 4 is 40.9 Å². The van der Waals surface area contributed by atoms with E-state index in [4.69, 9.17) is 10.5 Å². The minimum atomic E-state index is -0.321. The van der Waals surface area contributed by atoms with E-state index in [2.05, 4.69) is 27.9 Å². The lowest BCUT2D eigenvalue weighted by molar-refractivity contribution is -0.123. The summed E-state index contributed by atoms with van der Waals surface area (Å²) in [5, 5.41) is 2.82. The maximum Gasteiger partial charge on any atom is 0.258 e. The quantitative estimate of drug-likeness (QED) is 0.677. The molecule has 0 aliphatic rings. The largest absolute Gasteiger partial charge is 0.484 e. The van der Waals surface area contributed by atoms with Crippen LogP contribution in [0.15, 0.2) is 24.3 Å². The van der Waals surface area contributed by atoms with Gasteiger partial charge >= 0.3 is 0 Å². The Balaban J connectivity index is 0.00000361. The number of carbonyl (C=O) groups excluding carboxylic acids is 1. The molecule has 1 amide bonds. The first-order valence-electron chi connectivity index (χ1n) is 6.43. The van der Waals surface area contributed by atoms with E-state index >= 15 is 0 Å². The Morgan fingerprint density at radius 3 is 2.35 bits per heavy atom. The van der Waals surface area contributed by atoms with Gasteiger partial charge < -0.3 is 15.8 Å². The third-order valence-electron chi connectivity index (χ3n) is 3.23. The van der Waals surface area contributed by atoms with Gasteiger partial charge in [-0.1, -0.05) is 13.8 Å². The van der Waals surface area contributed by atoms with Gasteiger partial charge in [-0.3, -0.25) is 4.79 Å². The van der Waals surface area contributed by atoms with Crippen LogP contribution in [0.1, 0.15) is 26.7 Å². The van der Waals surface area contributed by atoms with Gasteiger partial charge in [0.05, 0.1) is 0 Å². The standard InChI is InChI=1S/C14H21IN2O2.ClH/c1-3-14(16,4-2)10-17-13(18)9-19-12-7-5-11(15)6-8-12;/h5-8H,3-4,9-10,16H2,1-2H3,(H,17,18);1H. The molecule has 0 bridgehead atoms. The van der Waals surface area contributed by atoms with Crippen LogP contribution in [0, 0.1) is 3.57 Å². The summed E-state index contributed by atoms with van der Waals surface area (Å²) in [5.41, 5.74) is 5.79. The van der Waals surface area contributed by atoms with Crippen molar-refractivity contribution < 1.29 is 9.53 Å². The topological polar surface area (TPSA) is 64.3 Å². The molecule has 0 saturated carbocycles. The van der Waals surface area contributed by atoms with Crippen molar-refractivity contribution in [3.63, 3.8) is 0 Å². The lowest BCUT2D eigenvalue weighted by atomic mass is 9.94. The van der Waals surface area contributed by atoms with Crippen LogP contribution < -0.4 is 15.8 Å². The molecular weight excluding hydrogens is 391 g/mol. The fourth-order valence-electron chi connectivity index (χ4n) is 1.51.